The minimum atomic E-state index is -0.539. The zero-order valence-corrected chi connectivity index (χ0v) is 14.2. The summed E-state index contributed by atoms with van der Waals surface area (Å²) in [4.78, 5) is 11.6. The van der Waals surface area contributed by atoms with Crippen LogP contribution in [0.5, 0.6) is 0 Å². The van der Waals surface area contributed by atoms with Crippen LogP contribution in [0.25, 0.3) is 0 Å². The van der Waals surface area contributed by atoms with Gasteiger partial charge < -0.3 is 9.47 Å². The van der Waals surface area contributed by atoms with Crippen LogP contribution in [0.2, 0.25) is 0 Å². The second kappa shape index (κ2) is 8.62. The van der Waals surface area contributed by atoms with Crippen LogP contribution in [-0.4, -0.2) is 29.9 Å². The molecule has 0 fully saturated rings. The molecule has 0 radical (unpaired) electrons. The highest BCUT2D eigenvalue weighted by Crippen LogP contribution is 2.18. The van der Waals surface area contributed by atoms with E-state index in [0.717, 1.165) is 5.56 Å². The minimum absolute atomic E-state index is 0.0839. The van der Waals surface area contributed by atoms with Crippen molar-refractivity contribution in [3.8, 4) is 0 Å². The minimum Gasteiger partial charge on any atom is -0.464 e. The van der Waals surface area contributed by atoms with Gasteiger partial charge in [-0.05, 0) is 26.3 Å². The molecule has 0 unspecified atom stereocenters. The number of carbonyl (C=O) groups is 1. The first kappa shape index (κ1) is 18.3. The molecule has 0 spiro atoms. The second-order valence-electron chi connectivity index (χ2n) is 5.88. The highest BCUT2D eigenvalue weighted by molar-refractivity contribution is 6.30. The highest BCUT2D eigenvalue weighted by atomic mass is 35.5. The number of benzene rings is 1. The Kier molecular flexibility index (Phi) is 7.50. The Morgan fingerprint density at radius 3 is 2.24 bits per heavy atom. The van der Waals surface area contributed by atoms with Crippen LogP contribution >= 0.6 is 23.2 Å². The number of hydrogen-bond acceptors (Lipinski definition) is 3. The molecule has 0 saturated carbocycles. The first-order valence-corrected chi connectivity index (χ1v) is 7.75. The summed E-state index contributed by atoms with van der Waals surface area (Å²) < 4.78 is 10.7. The Balaban J connectivity index is 2.25. The Morgan fingerprint density at radius 2 is 1.67 bits per heavy atom. The molecule has 1 aromatic rings. The Bertz CT molecular complexity index is 429. The van der Waals surface area contributed by atoms with Gasteiger partial charge >= 0.3 is 5.97 Å². The summed E-state index contributed by atoms with van der Waals surface area (Å²) in [6.45, 7) is 6.24. The van der Waals surface area contributed by atoms with Crippen LogP contribution in [-0.2, 0) is 20.9 Å². The molecule has 21 heavy (non-hydrogen) atoms. The number of alkyl halides is 2. The summed E-state index contributed by atoms with van der Waals surface area (Å²) in [6, 6.07) is 9.81. The van der Waals surface area contributed by atoms with E-state index in [1.807, 2.05) is 30.3 Å². The fourth-order valence-corrected chi connectivity index (χ4v) is 1.74. The molecule has 0 aliphatic heterocycles. The molecule has 0 aliphatic rings. The summed E-state index contributed by atoms with van der Waals surface area (Å²) in [5, 5.41) is -0.892. The van der Waals surface area contributed by atoms with E-state index in [-0.39, 0.29) is 12.6 Å². The summed E-state index contributed by atoms with van der Waals surface area (Å²) in [7, 11) is 0. The highest BCUT2D eigenvalue weighted by Gasteiger charge is 2.25. The molecule has 1 rings (SSSR count). The number of esters is 1. The summed E-state index contributed by atoms with van der Waals surface area (Å²) in [5.41, 5.74) is 0.536. The predicted molar refractivity (Wildman–Crippen MR) is 85.8 cm³/mol. The number of hydrogen-bond donors (Lipinski definition) is 0. The zero-order chi connectivity index (χ0) is 15.9. The first-order valence-electron chi connectivity index (χ1n) is 6.87. The first-order chi connectivity index (χ1) is 9.80. The predicted octanol–water partition coefficient (Wildman–Crippen LogP) is 4.01. The Labute approximate surface area is 136 Å². The van der Waals surface area contributed by atoms with Crippen LogP contribution in [0.3, 0.4) is 0 Å². The zero-order valence-electron chi connectivity index (χ0n) is 12.6. The lowest BCUT2D eigenvalue weighted by Crippen LogP contribution is -2.30. The van der Waals surface area contributed by atoms with E-state index in [1.54, 1.807) is 20.8 Å². The molecule has 0 N–H and O–H groups in total. The van der Waals surface area contributed by atoms with Crippen molar-refractivity contribution in [2.24, 2.45) is 5.41 Å². The Morgan fingerprint density at radius 1 is 1.10 bits per heavy atom. The smallest absolute Gasteiger partial charge is 0.311 e. The molecule has 0 aliphatic carbocycles. The van der Waals surface area contributed by atoms with Crippen LogP contribution in [0.15, 0.2) is 30.3 Å². The van der Waals surface area contributed by atoms with Gasteiger partial charge in [0.2, 0.25) is 0 Å². The topological polar surface area (TPSA) is 35.5 Å². The SMILES string of the molecule is CC(C)(C)C(=O)OC[C@@H](Cl)[C@@H](Cl)COCc1ccccc1. The van der Waals surface area contributed by atoms with Gasteiger partial charge in [0.1, 0.15) is 6.61 Å². The van der Waals surface area contributed by atoms with E-state index in [1.165, 1.54) is 0 Å². The molecule has 0 aromatic heterocycles. The van der Waals surface area contributed by atoms with E-state index in [0.29, 0.717) is 13.2 Å². The molecule has 0 saturated heterocycles. The average molecular weight is 333 g/mol. The monoisotopic (exact) mass is 332 g/mol. The van der Waals surface area contributed by atoms with Gasteiger partial charge in [-0.1, -0.05) is 30.3 Å². The number of rotatable bonds is 7. The van der Waals surface area contributed by atoms with Crippen LogP contribution < -0.4 is 0 Å². The van der Waals surface area contributed by atoms with Crippen molar-refractivity contribution in [3.63, 3.8) is 0 Å². The number of halogens is 2. The van der Waals surface area contributed by atoms with E-state index >= 15 is 0 Å². The van der Waals surface area contributed by atoms with Crippen LogP contribution in [0, 0.1) is 5.41 Å². The third kappa shape index (κ3) is 7.16. The summed E-state index contributed by atoms with van der Waals surface area (Å²) in [5.74, 6) is -0.290. The molecular formula is C16H22Cl2O3. The van der Waals surface area contributed by atoms with Gasteiger partial charge in [0.05, 0.1) is 29.4 Å². The van der Waals surface area contributed by atoms with Crippen molar-refractivity contribution in [2.75, 3.05) is 13.2 Å². The van der Waals surface area contributed by atoms with Gasteiger partial charge in [-0.25, -0.2) is 0 Å². The second-order valence-corrected chi connectivity index (χ2v) is 7.00. The summed E-state index contributed by atoms with van der Waals surface area (Å²) in [6.07, 6.45) is 0. The van der Waals surface area contributed by atoms with Gasteiger partial charge in [-0.3, -0.25) is 4.79 Å². The molecule has 0 amide bonds. The van der Waals surface area contributed by atoms with E-state index < -0.39 is 16.2 Å². The quantitative estimate of drug-likeness (QED) is 0.559. The van der Waals surface area contributed by atoms with Crippen molar-refractivity contribution < 1.29 is 14.3 Å². The normalized spacial score (nSPS) is 14.5. The van der Waals surface area contributed by atoms with Gasteiger partial charge in [0, 0.05) is 0 Å². The van der Waals surface area contributed by atoms with Crippen molar-refractivity contribution in [1.29, 1.82) is 0 Å². The van der Waals surface area contributed by atoms with Crippen molar-refractivity contribution in [3.05, 3.63) is 35.9 Å². The lowest BCUT2D eigenvalue weighted by molar-refractivity contribution is -0.152. The maximum absolute atomic E-state index is 11.6. The van der Waals surface area contributed by atoms with Gasteiger partial charge in [0.15, 0.2) is 0 Å². The number of carbonyl (C=O) groups excluding carboxylic acids is 1. The third-order valence-corrected chi connectivity index (χ3v) is 3.76. The lowest BCUT2D eigenvalue weighted by atomic mass is 9.97. The van der Waals surface area contributed by atoms with Crippen LogP contribution in [0.1, 0.15) is 26.3 Å². The number of ether oxygens (including phenoxy) is 2. The van der Waals surface area contributed by atoms with E-state index in [4.69, 9.17) is 32.7 Å². The Hall–Kier alpha value is -0.770. The molecule has 5 heteroatoms. The molecule has 2 atom stereocenters. The third-order valence-electron chi connectivity index (χ3n) is 2.77. The van der Waals surface area contributed by atoms with Crippen LogP contribution in [0.4, 0.5) is 0 Å². The molecular weight excluding hydrogens is 311 g/mol. The largest absolute Gasteiger partial charge is 0.464 e. The van der Waals surface area contributed by atoms with Gasteiger partial charge in [-0.15, -0.1) is 23.2 Å². The van der Waals surface area contributed by atoms with E-state index in [9.17, 15) is 4.79 Å². The fourth-order valence-electron chi connectivity index (χ4n) is 1.44. The van der Waals surface area contributed by atoms with E-state index in [2.05, 4.69) is 0 Å². The maximum atomic E-state index is 11.6. The van der Waals surface area contributed by atoms with Gasteiger partial charge in [-0.2, -0.15) is 0 Å². The average Bonchev–Trinajstić information content (AvgIpc) is 2.44. The molecule has 0 bridgehead atoms. The van der Waals surface area contributed by atoms with Crippen molar-refractivity contribution in [2.45, 2.75) is 38.1 Å². The molecule has 1 aromatic carbocycles. The maximum Gasteiger partial charge on any atom is 0.311 e. The molecule has 3 nitrogen and oxygen atoms in total. The van der Waals surface area contributed by atoms with Crippen molar-refractivity contribution >= 4 is 29.2 Å². The van der Waals surface area contributed by atoms with Crippen molar-refractivity contribution in [1.82, 2.24) is 0 Å². The molecule has 0 heterocycles. The fraction of sp³-hybridized carbons (Fsp3) is 0.562. The lowest BCUT2D eigenvalue weighted by Gasteiger charge is -2.20. The van der Waals surface area contributed by atoms with Gasteiger partial charge in [0.25, 0.3) is 0 Å². The summed E-state index contributed by atoms with van der Waals surface area (Å²) >= 11 is 12.3. The standard InChI is InChI=1S/C16H22Cl2O3/c1-16(2,3)15(19)21-11-14(18)13(17)10-20-9-12-7-5-4-6-8-12/h4-8,13-14H,9-11H2,1-3H3/t13-,14+/m0/s1. The molecule has 118 valence electrons.